The van der Waals surface area contributed by atoms with E-state index in [2.05, 4.69) is 16.8 Å². The van der Waals surface area contributed by atoms with Crippen molar-refractivity contribution in [2.45, 2.75) is 19.4 Å². The van der Waals surface area contributed by atoms with Crippen LogP contribution in [0.5, 0.6) is 0 Å². The largest absolute Gasteiger partial charge is 0.388 e. The van der Waals surface area contributed by atoms with Crippen LogP contribution in [0.25, 0.3) is 0 Å². The molecule has 1 aliphatic rings. The van der Waals surface area contributed by atoms with Gasteiger partial charge in [0, 0.05) is 25.2 Å². The van der Waals surface area contributed by atoms with Crippen LogP contribution < -0.4 is 4.90 Å². The second kappa shape index (κ2) is 3.65. The molecule has 1 N–H and O–H groups in total. The van der Waals surface area contributed by atoms with Crippen molar-refractivity contribution < 1.29 is 5.11 Å². The molecule has 2 heterocycles. The number of hydrogen-bond acceptors (Lipinski definition) is 3. The Morgan fingerprint density at radius 3 is 2.80 bits per heavy atom. The van der Waals surface area contributed by atoms with Gasteiger partial charge in [-0.2, -0.15) is 0 Å². The van der Waals surface area contributed by atoms with Gasteiger partial charge in [0.05, 0.1) is 10.6 Å². The topological polar surface area (TPSA) is 36.4 Å². The first kappa shape index (κ1) is 10.7. The Bertz CT molecular complexity index is 350. The van der Waals surface area contributed by atoms with Gasteiger partial charge >= 0.3 is 0 Å². The lowest BCUT2D eigenvalue weighted by molar-refractivity contribution is 0.0443. The maximum absolute atomic E-state index is 10.1. The third-order valence-electron chi connectivity index (χ3n) is 3.10. The molecule has 1 fully saturated rings. The molecule has 3 nitrogen and oxygen atoms in total. The Hall–Kier alpha value is -0.800. The summed E-state index contributed by atoms with van der Waals surface area (Å²) in [6.45, 7) is 5.38. The van der Waals surface area contributed by atoms with E-state index >= 15 is 0 Å². The number of anilines is 1. The van der Waals surface area contributed by atoms with Gasteiger partial charge < -0.3 is 10.0 Å². The van der Waals surface area contributed by atoms with Crippen molar-refractivity contribution in [2.24, 2.45) is 5.92 Å². The normalized spacial score (nSPS) is 30.9. The van der Waals surface area contributed by atoms with Crippen LogP contribution in [0, 0.1) is 5.92 Å². The summed E-state index contributed by atoms with van der Waals surface area (Å²) in [5.41, 5.74) is -0.624. The molecule has 0 radical (unpaired) electrons. The van der Waals surface area contributed by atoms with Gasteiger partial charge in [0.1, 0.15) is 5.82 Å². The number of nitrogens with zero attached hydrogens (tertiary/aromatic N) is 2. The summed E-state index contributed by atoms with van der Waals surface area (Å²) in [5, 5.41) is 10.7. The van der Waals surface area contributed by atoms with Crippen LogP contribution in [0.15, 0.2) is 18.3 Å². The number of rotatable bonds is 1. The van der Waals surface area contributed by atoms with Crippen LogP contribution in [0.1, 0.15) is 13.8 Å². The van der Waals surface area contributed by atoms with E-state index in [1.807, 2.05) is 19.1 Å². The molecule has 1 aromatic heterocycles. The first-order chi connectivity index (χ1) is 6.99. The zero-order valence-electron chi connectivity index (χ0n) is 8.94. The van der Waals surface area contributed by atoms with E-state index in [0.717, 1.165) is 12.4 Å². The molecule has 2 rings (SSSR count). The number of aromatic nitrogens is 1. The quantitative estimate of drug-likeness (QED) is 0.795. The summed E-state index contributed by atoms with van der Waals surface area (Å²) < 4.78 is 0. The van der Waals surface area contributed by atoms with Gasteiger partial charge in [-0.05, 0) is 19.1 Å². The van der Waals surface area contributed by atoms with Crippen LogP contribution in [0.2, 0.25) is 5.02 Å². The van der Waals surface area contributed by atoms with E-state index in [1.54, 1.807) is 6.20 Å². The Balaban J connectivity index is 2.17. The van der Waals surface area contributed by atoms with Crippen LogP contribution in [0.4, 0.5) is 5.82 Å². The minimum Gasteiger partial charge on any atom is -0.388 e. The van der Waals surface area contributed by atoms with Gasteiger partial charge in [-0.15, -0.1) is 0 Å². The van der Waals surface area contributed by atoms with Gasteiger partial charge in [0.2, 0.25) is 0 Å². The molecule has 0 bridgehead atoms. The minimum atomic E-state index is -0.624. The van der Waals surface area contributed by atoms with E-state index in [1.165, 1.54) is 0 Å². The van der Waals surface area contributed by atoms with Crippen LogP contribution in [-0.4, -0.2) is 28.8 Å². The SMILES string of the molecule is C[C@H]1CN(c2ccc(Cl)cn2)C[C@@]1(C)O. The Morgan fingerprint density at radius 2 is 2.33 bits per heavy atom. The van der Waals surface area contributed by atoms with Gasteiger partial charge in [-0.25, -0.2) is 4.98 Å². The van der Waals surface area contributed by atoms with E-state index in [-0.39, 0.29) is 5.92 Å². The average Bonchev–Trinajstić information content (AvgIpc) is 2.42. The van der Waals surface area contributed by atoms with Crippen LogP contribution in [-0.2, 0) is 0 Å². The smallest absolute Gasteiger partial charge is 0.128 e. The maximum Gasteiger partial charge on any atom is 0.128 e. The number of halogens is 1. The van der Waals surface area contributed by atoms with Crippen molar-refractivity contribution in [2.75, 3.05) is 18.0 Å². The van der Waals surface area contributed by atoms with Crippen LogP contribution in [0.3, 0.4) is 0 Å². The lowest BCUT2D eigenvalue weighted by Gasteiger charge is -2.21. The Labute approximate surface area is 94.7 Å². The highest BCUT2D eigenvalue weighted by atomic mass is 35.5. The monoisotopic (exact) mass is 226 g/mol. The van der Waals surface area contributed by atoms with Gasteiger partial charge in [-0.3, -0.25) is 0 Å². The molecule has 1 aromatic rings. The molecule has 1 aliphatic heterocycles. The molecular weight excluding hydrogens is 212 g/mol. The molecule has 0 aromatic carbocycles. The zero-order chi connectivity index (χ0) is 11.1. The maximum atomic E-state index is 10.1. The molecule has 4 heteroatoms. The summed E-state index contributed by atoms with van der Waals surface area (Å²) in [6, 6.07) is 3.71. The summed E-state index contributed by atoms with van der Waals surface area (Å²) in [7, 11) is 0. The molecule has 0 saturated carbocycles. The van der Waals surface area contributed by atoms with Crippen molar-refractivity contribution in [3.63, 3.8) is 0 Å². The number of pyridine rings is 1. The minimum absolute atomic E-state index is 0.259. The van der Waals surface area contributed by atoms with E-state index < -0.39 is 5.60 Å². The third kappa shape index (κ3) is 2.08. The predicted molar refractivity (Wildman–Crippen MR) is 61.2 cm³/mol. The molecule has 2 atom stereocenters. The summed E-state index contributed by atoms with van der Waals surface area (Å²) in [5.74, 6) is 1.14. The van der Waals surface area contributed by atoms with Gasteiger partial charge in [0.25, 0.3) is 0 Å². The fraction of sp³-hybridized carbons (Fsp3) is 0.545. The van der Waals surface area contributed by atoms with Crippen LogP contribution >= 0.6 is 11.6 Å². The summed E-state index contributed by atoms with van der Waals surface area (Å²) >= 11 is 5.77. The molecule has 82 valence electrons. The highest BCUT2D eigenvalue weighted by molar-refractivity contribution is 6.30. The van der Waals surface area contributed by atoms with Gasteiger partial charge in [-0.1, -0.05) is 18.5 Å². The molecule has 1 saturated heterocycles. The first-order valence-electron chi connectivity index (χ1n) is 5.08. The van der Waals surface area contributed by atoms with Crippen molar-refractivity contribution >= 4 is 17.4 Å². The highest BCUT2D eigenvalue weighted by Crippen LogP contribution is 2.30. The van der Waals surface area contributed by atoms with Gasteiger partial charge in [0.15, 0.2) is 0 Å². The summed E-state index contributed by atoms with van der Waals surface area (Å²) in [4.78, 5) is 6.33. The standard InChI is InChI=1S/C11H15ClN2O/c1-8-6-14(7-11(8,2)15)10-4-3-9(12)5-13-10/h3-5,8,15H,6-7H2,1-2H3/t8-,11+/m0/s1. The fourth-order valence-electron chi connectivity index (χ4n) is 1.86. The zero-order valence-corrected chi connectivity index (χ0v) is 9.70. The highest BCUT2D eigenvalue weighted by Gasteiger charge is 2.38. The number of hydrogen-bond donors (Lipinski definition) is 1. The van der Waals surface area contributed by atoms with Crippen molar-refractivity contribution in [1.82, 2.24) is 4.98 Å². The van der Waals surface area contributed by atoms with E-state index in [0.29, 0.717) is 11.6 Å². The van der Waals surface area contributed by atoms with Crippen molar-refractivity contribution in [1.29, 1.82) is 0 Å². The number of aliphatic hydroxyl groups is 1. The van der Waals surface area contributed by atoms with E-state index in [9.17, 15) is 5.11 Å². The molecule has 0 amide bonds. The second-order valence-corrected chi connectivity index (χ2v) is 4.91. The molecule has 0 unspecified atom stereocenters. The molecular formula is C11H15ClN2O. The molecule has 15 heavy (non-hydrogen) atoms. The molecule has 0 aliphatic carbocycles. The van der Waals surface area contributed by atoms with Crippen molar-refractivity contribution in [3.8, 4) is 0 Å². The van der Waals surface area contributed by atoms with E-state index in [4.69, 9.17) is 11.6 Å². The average molecular weight is 227 g/mol. The Kier molecular flexibility index (Phi) is 2.61. The first-order valence-corrected chi connectivity index (χ1v) is 5.46. The fourth-order valence-corrected chi connectivity index (χ4v) is 1.98. The summed E-state index contributed by atoms with van der Waals surface area (Å²) in [6.07, 6.45) is 1.63. The predicted octanol–water partition coefficient (Wildman–Crippen LogP) is 1.94. The third-order valence-corrected chi connectivity index (χ3v) is 3.33. The lowest BCUT2D eigenvalue weighted by Crippen LogP contribution is -2.33. The lowest BCUT2D eigenvalue weighted by atomic mass is 9.95. The molecule has 0 spiro atoms. The number of β-amino-alcohol motifs (C(OH)–C–C–N with tert-alkyl or cyclic N) is 1. The second-order valence-electron chi connectivity index (χ2n) is 4.47. The van der Waals surface area contributed by atoms with Crippen molar-refractivity contribution in [3.05, 3.63) is 23.4 Å². The Morgan fingerprint density at radius 1 is 1.60 bits per heavy atom.